The molecule has 0 saturated carbocycles. The zero-order valence-corrected chi connectivity index (χ0v) is 10.1. The molecule has 84 valence electrons. The second kappa shape index (κ2) is 6.02. The van der Waals surface area contributed by atoms with Crippen LogP contribution in [-0.2, 0) is 4.79 Å². The van der Waals surface area contributed by atoms with Gasteiger partial charge in [0.2, 0.25) is 5.91 Å². The lowest BCUT2D eigenvalue weighted by Crippen LogP contribution is -2.50. The van der Waals surface area contributed by atoms with Crippen molar-refractivity contribution in [2.45, 2.75) is 59.0 Å². The zero-order chi connectivity index (χ0) is 11.2. The fourth-order valence-electron chi connectivity index (χ4n) is 0.984. The van der Waals surface area contributed by atoms with Crippen LogP contribution in [0.4, 0.5) is 0 Å². The summed E-state index contributed by atoms with van der Waals surface area (Å²) >= 11 is 0. The van der Waals surface area contributed by atoms with Crippen LogP contribution in [0.2, 0.25) is 0 Å². The molecule has 0 bridgehead atoms. The predicted molar refractivity (Wildman–Crippen MR) is 60.3 cm³/mol. The van der Waals surface area contributed by atoms with Crippen molar-refractivity contribution in [3.63, 3.8) is 0 Å². The molecule has 0 aliphatic carbocycles. The lowest BCUT2D eigenvalue weighted by molar-refractivity contribution is -0.124. The Balaban J connectivity index is 3.95. The first-order valence-corrected chi connectivity index (χ1v) is 5.48. The summed E-state index contributed by atoms with van der Waals surface area (Å²) in [7, 11) is 0. The first-order valence-electron chi connectivity index (χ1n) is 5.48. The van der Waals surface area contributed by atoms with Gasteiger partial charge in [-0.1, -0.05) is 13.8 Å². The van der Waals surface area contributed by atoms with Crippen LogP contribution in [0.5, 0.6) is 0 Å². The Bertz CT molecular complexity index is 178. The van der Waals surface area contributed by atoms with Gasteiger partial charge in [0, 0.05) is 5.54 Å². The van der Waals surface area contributed by atoms with E-state index in [1.54, 1.807) is 0 Å². The average Bonchev–Trinajstić information content (AvgIpc) is 2.13. The third-order valence-electron chi connectivity index (χ3n) is 2.44. The van der Waals surface area contributed by atoms with Crippen molar-refractivity contribution in [1.29, 1.82) is 0 Å². The Morgan fingerprint density at radius 3 is 2.36 bits per heavy atom. The number of amides is 1. The van der Waals surface area contributed by atoms with Crippen LogP contribution in [-0.4, -0.2) is 24.0 Å². The molecule has 0 fully saturated rings. The highest BCUT2D eigenvalue weighted by Gasteiger charge is 2.20. The fourth-order valence-corrected chi connectivity index (χ4v) is 0.984. The normalized spacial score (nSPS) is 13.8. The van der Waals surface area contributed by atoms with Crippen molar-refractivity contribution in [3.8, 4) is 0 Å². The Labute approximate surface area is 87.6 Å². The van der Waals surface area contributed by atoms with Crippen LogP contribution >= 0.6 is 0 Å². The summed E-state index contributed by atoms with van der Waals surface area (Å²) in [6.07, 6.45) is 1.99. The number of hydrogen-bond donors (Lipinski definition) is 2. The molecule has 0 heterocycles. The molecular weight excluding hydrogens is 176 g/mol. The van der Waals surface area contributed by atoms with Crippen molar-refractivity contribution in [2.24, 2.45) is 0 Å². The number of carbonyl (C=O) groups excluding carboxylic acids is 1. The van der Waals surface area contributed by atoms with Gasteiger partial charge in [-0.3, -0.25) is 4.79 Å². The Kier molecular flexibility index (Phi) is 5.77. The monoisotopic (exact) mass is 200 g/mol. The van der Waals surface area contributed by atoms with Crippen LogP contribution in [0, 0.1) is 0 Å². The van der Waals surface area contributed by atoms with Gasteiger partial charge in [-0.25, -0.2) is 0 Å². The van der Waals surface area contributed by atoms with Gasteiger partial charge >= 0.3 is 0 Å². The van der Waals surface area contributed by atoms with Gasteiger partial charge in [-0.15, -0.1) is 0 Å². The summed E-state index contributed by atoms with van der Waals surface area (Å²) in [5, 5.41) is 6.18. The highest BCUT2D eigenvalue weighted by atomic mass is 16.2. The average molecular weight is 200 g/mol. The van der Waals surface area contributed by atoms with Crippen LogP contribution < -0.4 is 10.6 Å². The molecule has 1 atom stereocenters. The third-order valence-corrected chi connectivity index (χ3v) is 2.44. The van der Waals surface area contributed by atoms with E-state index in [0.29, 0.717) is 0 Å². The number of carbonyl (C=O) groups is 1. The highest BCUT2D eigenvalue weighted by molar-refractivity contribution is 5.81. The molecule has 3 nitrogen and oxygen atoms in total. The quantitative estimate of drug-likeness (QED) is 0.685. The summed E-state index contributed by atoms with van der Waals surface area (Å²) in [6, 6.07) is -0.0965. The van der Waals surface area contributed by atoms with Crippen LogP contribution in [0.3, 0.4) is 0 Å². The number of nitrogens with one attached hydrogen (secondary N) is 2. The Hall–Kier alpha value is -0.570. The van der Waals surface area contributed by atoms with Crippen molar-refractivity contribution in [2.75, 3.05) is 6.54 Å². The largest absolute Gasteiger partial charge is 0.350 e. The van der Waals surface area contributed by atoms with E-state index in [2.05, 4.69) is 24.5 Å². The van der Waals surface area contributed by atoms with E-state index in [1.807, 2.05) is 20.8 Å². The molecule has 0 spiro atoms. The van der Waals surface area contributed by atoms with Gasteiger partial charge in [0.05, 0.1) is 6.04 Å². The molecule has 1 amide bonds. The molecule has 0 aromatic heterocycles. The van der Waals surface area contributed by atoms with E-state index in [4.69, 9.17) is 0 Å². The topological polar surface area (TPSA) is 41.1 Å². The Morgan fingerprint density at radius 2 is 1.93 bits per heavy atom. The molecule has 14 heavy (non-hydrogen) atoms. The second-order valence-electron chi connectivity index (χ2n) is 4.40. The summed E-state index contributed by atoms with van der Waals surface area (Å²) in [5.41, 5.74) is -0.0980. The minimum Gasteiger partial charge on any atom is -0.350 e. The van der Waals surface area contributed by atoms with Gasteiger partial charge in [0.1, 0.15) is 0 Å². The molecule has 3 heteroatoms. The molecule has 0 aromatic carbocycles. The third kappa shape index (κ3) is 5.22. The molecule has 0 rings (SSSR count). The van der Waals surface area contributed by atoms with E-state index in [0.717, 1.165) is 19.4 Å². The zero-order valence-electron chi connectivity index (χ0n) is 10.1. The maximum Gasteiger partial charge on any atom is 0.237 e. The maximum absolute atomic E-state index is 11.6. The van der Waals surface area contributed by atoms with Crippen molar-refractivity contribution in [3.05, 3.63) is 0 Å². The molecule has 0 aliphatic rings. The van der Waals surface area contributed by atoms with Gasteiger partial charge in [0.25, 0.3) is 0 Å². The molecule has 0 aliphatic heterocycles. The molecular formula is C11H24N2O. The summed E-state index contributed by atoms with van der Waals surface area (Å²) in [6.45, 7) is 11.0. The van der Waals surface area contributed by atoms with E-state index >= 15 is 0 Å². The summed E-state index contributed by atoms with van der Waals surface area (Å²) < 4.78 is 0. The van der Waals surface area contributed by atoms with Gasteiger partial charge in [-0.05, 0) is 40.2 Å². The van der Waals surface area contributed by atoms with Crippen LogP contribution in [0.1, 0.15) is 47.5 Å². The van der Waals surface area contributed by atoms with E-state index in [9.17, 15) is 4.79 Å². The summed E-state index contributed by atoms with van der Waals surface area (Å²) in [4.78, 5) is 11.6. The number of rotatable bonds is 6. The predicted octanol–water partition coefficient (Wildman–Crippen LogP) is 1.68. The molecule has 2 N–H and O–H groups in total. The van der Waals surface area contributed by atoms with Gasteiger partial charge in [-0.2, -0.15) is 0 Å². The lowest BCUT2D eigenvalue weighted by atomic mass is 10.0. The first-order chi connectivity index (χ1) is 6.43. The van der Waals surface area contributed by atoms with Gasteiger partial charge < -0.3 is 10.6 Å². The maximum atomic E-state index is 11.6. The SMILES string of the molecule is CCCNC(C)C(=O)NC(C)(C)CC. The van der Waals surface area contributed by atoms with Crippen molar-refractivity contribution in [1.82, 2.24) is 10.6 Å². The van der Waals surface area contributed by atoms with E-state index in [-0.39, 0.29) is 17.5 Å². The molecule has 0 saturated heterocycles. The van der Waals surface area contributed by atoms with Crippen molar-refractivity contribution < 1.29 is 4.79 Å². The highest BCUT2D eigenvalue weighted by Crippen LogP contribution is 2.06. The second-order valence-corrected chi connectivity index (χ2v) is 4.40. The molecule has 1 unspecified atom stereocenters. The van der Waals surface area contributed by atoms with Crippen LogP contribution in [0.15, 0.2) is 0 Å². The van der Waals surface area contributed by atoms with Gasteiger partial charge in [0.15, 0.2) is 0 Å². The standard InChI is InChI=1S/C11H24N2O/c1-6-8-12-9(3)10(14)13-11(4,5)7-2/h9,12H,6-8H2,1-5H3,(H,13,14). The smallest absolute Gasteiger partial charge is 0.237 e. The molecule has 0 aromatic rings. The minimum absolute atomic E-state index is 0.0882. The van der Waals surface area contributed by atoms with E-state index in [1.165, 1.54) is 0 Å². The lowest BCUT2D eigenvalue weighted by Gasteiger charge is -2.26. The minimum atomic E-state index is -0.0980. The first kappa shape index (κ1) is 13.4. The summed E-state index contributed by atoms with van der Waals surface area (Å²) in [5.74, 6) is 0.0882. The van der Waals surface area contributed by atoms with E-state index < -0.39 is 0 Å². The fraction of sp³-hybridized carbons (Fsp3) is 0.909. The van der Waals surface area contributed by atoms with Crippen molar-refractivity contribution >= 4 is 5.91 Å². The Morgan fingerprint density at radius 1 is 1.36 bits per heavy atom. The number of hydrogen-bond acceptors (Lipinski definition) is 2. The molecule has 0 radical (unpaired) electrons. The van der Waals surface area contributed by atoms with Crippen LogP contribution in [0.25, 0.3) is 0 Å².